The Bertz CT molecular complexity index is 397. The number of likely N-dealkylation sites (tertiary alicyclic amines) is 1. The van der Waals surface area contributed by atoms with Crippen molar-refractivity contribution in [3.63, 3.8) is 0 Å². The average molecular weight is 299 g/mol. The van der Waals surface area contributed by atoms with E-state index < -0.39 is 0 Å². The van der Waals surface area contributed by atoms with Crippen LogP contribution in [0.3, 0.4) is 0 Å². The second-order valence-corrected chi connectivity index (χ2v) is 5.51. The van der Waals surface area contributed by atoms with Gasteiger partial charge >= 0.3 is 0 Å². The van der Waals surface area contributed by atoms with E-state index >= 15 is 0 Å². The molecule has 2 N–H and O–H groups in total. The van der Waals surface area contributed by atoms with Crippen LogP contribution in [0.2, 0.25) is 0 Å². The minimum absolute atomic E-state index is 0.413. The maximum absolute atomic E-state index is 5.77. The van der Waals surface area contributed by atoms with E-state index in [1.165, 1.54) is 5.56 Å². The molecule has 1 heterocycles. The van der Waals surface area contributed by atoms with Crippen LogP contribution < -0.4 is 10.5 Å². The largest absolute Gasteiger partial charge is 0.495 e. The molecule has 4 heteroatoms. The van der Waals surface area contributed by atoms with Crippen molar-refractivity contribution in [1.82, 2.24) is 4.90 Å². The van der Waals surface area contributed by atoms with Crippen molar-refractivity contribution in [3.8, 4) is 5.75 Å². The highest BCUT2D eigenvalue weighted by Crippen LogP contribution is 2.40. The highest BCUT2D eigenvalue weighted by atomic mass is 79.9. The van der Waals surface area contributed by atoms with Gasteiger partial charge in [-0.15, -0.1) is 0 Å². The lowest BCUT2D eigenvalue weighted by molar-refractivity contribution is 0.302. The molecule has 1 fully saturated rings. The van der Waals surface area contributed by atoms with Gasteiger partial charge in [0.25, 0.3) is 0 Å². The third-order valence-corrected chi connectivity index (χ3v) is 4.15. The first-order valence-electron chi connectivity index (χ1n) is 5.90. The standard InChI is InChI=1S/C13H19BrN2O/c1-16-8-9(7-15)6-12(16)10-4-3-5-11(14)13(10)17-2/h3-5,9,12H,6-8,15H2,1-2H3. The van der Waals surface area contributed by atoms with E-state index in [0.29, 0.717) is 12.0 Å². The topological polar surface area (TPSA) is 38.5 Å². The van der Waals surface area contributed by atoms with E-state index in [-0.39, 0.29) is 0 Å². The average Bonchev–Trinajstić information content (AvgIpc) is 2.70. The molecule has 1 aliphatic heterocycles. The van der Waals surface area contributed by atoms with Gasteiger partial charge in [0.15, 0.2) is 0 Å². The van der Waals surface area contributed by atoms with Crippen LogP contribution in [-0.2, 0) is 0 Å². The van der Waals surface area contributed by atoms with E-state index in [1.54, 1.807) is 7.11 Å². The molecule has 1 aromatic carbocycles. The predicted molar refractivity (Wildman–Crippen MR) is 73.2 cm³/mol. The molecule has 0 saturated carbocycles. The molecule has 2 atom stereocenters. The summed E-state index contributed by atoms with van der Waals surface area (Å²) < 4.78 is 6.52. The number of hydrogen-bond donors (Lipinski definition) is 1. The molecule has 0 bridgehead atoms. The Labute approximate surface area is 111 Å². The number of para-hydroxylation sites is 1. The van der Waals surface area contributed by atoms with Gasteiger partial charge < -0.3 is 10.5 Å². The Morgan fingerprint density at radius 2 is 2.29 bits per heavy atom. The van der Waals surface area contributed by atoms with E-state index in [1.807, 2.05) is 6.07 Å². The van der Waals surface area contributed by atoms with Gasteiger partial charge in [0.2, 0.25) is 0 Å². The van der Waals surface area contributed by atoms with Crippen LogP contribution in [0.5, 0.6) is 5.75 Å². The zero-order valence-corrected chi connectivity index (χ0v) is 11.9. The molecular formula is C13H19BrN2O. The fraction of sp³-hybridized carbons (Fsp3) is 0.538. The van der Waals surface area contributed by atoms with Crippen molar-refractivity contribution in [3.05, 3.63) is 28.2 Å². The first-order chi connectivity index (χ1) is 8.17. The summed E-state index contributed by atoms with van der Waals surface area (Å²) >= 11 is 3.54. The second kappa shape index (κ2) is 5.38. The molecule has 94 valence electrons. The van der Waals surface area contributed by atoms with Crippen LogP contribution in [-0.4, -0.2) is 32.1 Å². The molecule has 0 amide bonds. The third kappa shape index (κ3) is 2.49. The van der Waals surface area contributed by atoms with Crippen molar-refractivity contribution >= 4 is 15.9 Å². The van der Waals surface area contributed by atoms with Gasteiger partial charge in [-0.25, -0.2) is 0 Å². The molecule has 17 heavy (non-hydrogen) atoms. The maximum Gasteiger partial charge on any atom is 0.137 e. The zero-order chi connectivity index (χ0) is 12.4. The summed E-state index contributed by atoms with van der Waals surface area (Å²) in [7, 11) is 3.87. The maximum atomic E-state index is 5.77. The third-order valence-electron chi connectivity index (χ3n) is 3.53. The fourth-order valence-corrected chi connectivity index (χ4v) is 3.19. The first-order valence-corrected chi connectivity index (χ1v) is 6.69. The number of nitrogens with two attached hydrogens (primary N) is 1. The highest BCUT2D eigenvalue weighted by Gasteiger charge is 2.31. The van der Waals surface area contributed by atoms with Gasteiger partial charge in [-0.1, -0.05) is 12.1 Å². The van der Waals surface area contributed by atoms with Crippen molar-refractivity contribution in [2.45, 2.75) is 12.5 Å². The number of methoxy groups -OCH3 is 1. The van der Waals surface area contributed by atoms with Gasteiger partial charge in [0, 0.05) is 18.2 Å². The highest BCUT2D eigenvalue weighted by molar-refractivity contribution is 9.10. The summed E-state index contributed by atoms with van der Waals surface area (Å²) in [5, 5.41) is 0. The number of benzene rings is 1. The van der Waals surface area contributed by atoms with Crippen LogP contribution in [0.15, 0.2) is 22.7 Å². The molecule has 2 unspecified atom stereocenters. The fourth-order valence-electron chi connectivity index (χ4n) is 2.64. The van der Waals surface area contributed by atoms with Crippen LogP contribution in [0, 0.1) is 5.92 Å². The number of halogens is 1. The summed E-state index contributed by atoms with van der Waals surface area (Å²) in [6.45, 7) is 1.83. The summed E-state index contributed by atoms with van der Waals surface area (Å²) in [6, 6.07) is 6.63. The molecule has 3 nitrogen and oxygen atoms in total. The van der Waals surface area contributed by atoms with E-state index in [0.717, 1.165) is 29.7 Å². The first kappa shape index (κ1) is 12.9. The van der Waals surface area contributed by atoms with E-state index in [4.69, 9.17) is 10.5 Å². The van der Waals surface area contributed by atoms with Crippen LogP contribution in [0.1, 0.15) is 18.0 Å². The Morgan fingerprint density at radius 3 is 2.88 bits per heavy atom. The molecule has 1 aliphatic rings. The van der Waals surface area contributed by atoms with Crippen molar-refractivity contribution < 1.29 is 4.74 Å². The van der Waals surface area contributed by atoms with Gasteiger partial charge in [-0.2, -0.15) is 0 Å². The lowest BCUT2D eigenvalue weighted by Gasteiger charge is -2.22. The molecule has 0 spiro atoms. The summed E-state index contributed by atoms with van der Waals surface area (Å²) in [6.07, 6.45) is 1.11. The lowest BCUT2D eigenvalue weighted by Crippen LogP contribution is -2.20. The smallest absolute Gasteiger partial charge is 0.137 e. The van der Waals surface area contributed by atoms with E-state index in [9.17, 15) is 0 Å². The van der Waals surface area contributed by atoms with Gasteiger partial charge in [0.1, 0.15) is 5.75 Å². The van der Waals surface area contributed by atoms with Gasteiger partial charge in [-0.05, 0) is 47.9 Å². The van der Waals surface area contributed by atoms with Crippen molar-refractivity contribution in [2.75, 3.05) is 27.2 Å². The van der Waals surface area contributed by atoms with Crippen LogP contribution >= 0.6 is 15.9 Å². The summed E-state index contributed by atoms with van der Waals surface area (Å²) in [5.41, 5.74) is 7.02. The molecular weight excluding hydrogens is 280 g/mol. The number of rotatable bonds is 3. The molecule has 0 aromatic heterocycles. The Kier molecular flexibility index (Phi) is 4.07. The number of nitrogens with zero attached hydrogens (tertiary/aromatic N) is 1. The van der Waals surface area contributed by atoms with Gasteiger partial charge in [-0.3, -0.25) is 4.90 Å². The molecule has 1 aromatic rings. The summed E-state index contributed by atoms with van der Waals surface area (Å²) in [4.78, 5) is 2.36. The normalized spacial score (nSPS) is 25.2. The van der Waals surface area contributed by atoms with Crippen molar-refractivity contribution in [2.24, 2.45) is 11.7 Å². The molecule has 1 saturated heterocycles. The molecule has 2 rings (SSSR count). The van der Waals surface area contributed by atoms with Gasteiger partial charge in [0.05, 0.1) is 11.6 Å². The Hall–Kier alpha value is -0.580. The Balaban J connectivity index is 2.31. The van der Waals surface area contributed by atoms with Crippen LogP contribution in [0.25, 0.3) is 0 Å². The zero-order valence-electron chi connectivity index (χ0n) is 10.3. The number of hydrogen-bond acceptors (Lipinski definition) is 3. The lowest BCUT2D eigenvalue weighted by atomic mass is 9.99. The number of ether oxygens (including phenoxy) is 1. The SMILES string of the molecule is COc1c(Br)cccc1C1CC(CN)CN1C. The second-order valence-electron chi connectivity index (χ2n) is 4.66. The molecule has 0 radical (unpaired) electrons. The van der Waals surface area contributed by atoms with Crippen LogP contribution in [0.4, 0.5) is 0 Å². The van der Waals surface area contributed by atoms with Crippen molar-refractivity contribution in [1.29, 1.82) is 0 Å². The monoisotopic (exact) mass is 298 g/mol. The Morgan fingerprint density at radius 1 is 1.53 bits per heavy atom. The minimum Gasteiger partial charge on any atom is -0.495 e. The quantitative estimate of drug-likeness (QED) is 0.931. The molecule has 0 aliphatic carbocycles. The minimum atomic E-state index is 0.413. The summed E-state index contributed by atoms with van der Waals surface area (Å²) in [5.74, 6) is 1.54. The van der Waals surface area contributed by atoms with E-state index in [2.05, 4.69) is 40.0 Å². The predicted octanol–water partition coefficient (Wildman–Crippen LogP) is 2.41.